The zero-order valence-electron chi connectivity index (χ0n) is 9.85. The van der Waals surface area contributed by atoms with E-state index in [0.29, 0.717) is 22.8 Å². The number of nitrogens with two attached hydrogens (primary N) is 1. The van der Waals surface area contributed by atoms with Crippen LogP contribution in [-0.2, 0) is 13.6 Å². The van der Waals surface area contributed by atoms with Crippen molar-refractivity contribution < 1.29 is 4.79 Å². The van der Waals surface area contributed by atoms with E-state index in [0.717, 1.165) is 5.69 Å². The van der Waals surface area contributed by atoms with Gasteiger partial charge in [0.2, 0.25) is 0 Å². The molecule has 0 saturated carbocycles. The van der Waals surface area contributed by atoms with E-state index < -0.39 is 0 Å². The van der Waals surface area contributed by atoms with Crippen molar-refractivity contribution in [3.8, 4) is 0 Å². The third kappa shape index (κ3) is 2.46. The number of nitrogen functional groups attached to an aromatic ring is 1. The Morgan fingerprint density at radius 3 is 2.94 bits per heavy atom. The maximum absolute atomic E-state index is 11.9. The Kier molecular flexibility index (Phi) is 3.53. The second-order valence-electron chi connectivity index (χ2n) is 3.83. The molecule has 0 fully saturated rings. The van der Waals surface area contributed by atoms with E-state index in [2.05, 4.69) is 10.4 Å². The number of halogens is 1. The van der Waals surface area contributed by atoms with Crippen molar-refractivity contribution in [1.29, 1.82) is 0 Å². The molecular formula is C12H13ClN4O. The molecule has 0 aliphatic carbocycles. The predicted octanol–water partition coefficient (Wildman–Crippen LogP) is 1.59. The number of aromatic nitrogens is 2. The van der Waals surface area contributed by atoms with Gasteiger partial charge in [0, 0.05) is 13.2 Å². The standard InChI is InChI=1S/C12H13ClN4O/c1-17-8(5-6-16-17)7-15-12(18)9-3-2-4-10(13)11(9)14/h2-6H,7,14H2,1H3,(H,15,18). The van der Waals surface area contributed by atoms with Crippen molar-refractivity contribution >= 4 is 23.2 Å². The van der Waals surface area contributed by atoms with E-state index in [1.54, 1.807) is 29.1 Å². The van der Waals surface area contributed by atoms with Crippen molar-refractivity contribution in [2.75, 3.05) is 5.73 Å². The molecule has 2 rings (SSSR count). The highest BCUT2D eigenvalue weighted by Gasteiger charge is 2.11. The number of hydrogen-bond acceptors (Lipinski definition) is 3. The van der Waals surface area contributed by atoms with Crippen LogP contribution in [0.5, 0.6) is 0 Å². The highest BCUT2D eigenvalue weighted by Crippen LogP contribution is 2.22. The summed E-state index contributed by atoms with van der Waals surface area (Å²) in [6.07, 6.45) is 1.68. The molecule has 6 heteroatoms. The molecule has 0 atom stereocenters. The Morgan fingerprint density at radius 1 is 1.50 bits per heavy atom. The lowest BCUT2D eigenvalue weighted by Gasteiger charge is -2.08. The number of nitrogens with zero attached hydrogens (tertiary/aromatic N) is 2. The quantitative estimate of drug-likeness (QED) is 0.827. The summed E-state index contributed by atoms with van der Waals surface area (Å²) in [4.78, 5) is 11.9. The largest absolute Gasteiger partial charge is 0.397 e. The molecule has 3 N–H and O–H groups in total. The van der Waals surface area contributed by atoms with Gasteiger partial charge in [-0.1, -0.05) is 17.7 Å². The molecule has 0 aliphatic rings. The molecule has 1 aromatic carbocycles. The van der Waals surface area contributed by atoms with Crippen molar-refractivity contribution in [2.45, 2.75) is 6.54 Å². The van der Waals surface area contributed by atoms with Gasteiger partial charge in [-0.05, 0) is 18.2 Å². The Bertz CT molecular complexity index is 579. The number of benzene rings is 1. The van der Waals surface area contributed by atoms with Crippen molar-refractivity contribution in [1.82, 2.24) is 15.1 Å². The van der Waals surface area contributed by atoms with Crippen LogP contribution >= 0.6 is 11.6 Å². The van der Waals surface area contributed by atoms with Gasteiger partial charge >= 0.3 is 0 Å². The lowest BCUT2D eigenvalue weighted by atomic mass is 10.1. The molecule has 1 heterocycles. The minimum atomic E-state index is -0.254. The molecule has 0 aliphatic heterocycles. The zero-order chi connectivity index (χ0) is 13.1. The summed E-state index contributed by atoms with van der Waals surface area (Å²) >= 11 is 5.86. The van der Waals surface area contributed by atoms with E-state index in [-0.39, 0.29) is 5.91 Å². The Labute approximate surface area is 110 Å². The molecule has 0 saturated heterocycles. The Morgan fingerprint density at radius 2 is 2.28 bits per heavy atom. The summed E-state index contributed by atoms with van der Waals surface area (Å²) in [5, 5.41) is 7.17. The summed E-state index contributed by atoms with van der Waals surface area (Å²) in [5.74, 6) is -0.254. The van der Waals surface area contributed by atoms with Gasteiger partial charge in [0.05, 0.1) is 28.5 Å². The van der Waals surface area contributed by atoms with Gasteiger partial charge in [0.25, 0.3) is 5.91 Å². The van der Waals surface area contributed by atoms with Crippen molar-refractivity contribution in [3.63, 3.8) is 0 Å². The summed E-state index contributed by atoms with van der Waals surface area (Å²) in [7, 11) is 1.81. The first-order chi connectivity index (χ1) is 8.59. The van der Waals surface area contributed by atoms with Crippen LogP contribution in [0.4, 0.5) is 5.69 Å². The number of anilines is 1. The van der Waals surface area contributed by atoms with E-state index in [4.69, 9.17) is 17.3 Å². The second kappa shape index (κ2) is 5.10. The van der Waals surface area contributed by atoms with Gasteiger partial charge in [0.1, 0.15) is 0 Å². The predicted molar refractivity (Wildman–Crippen MR) is 70.2 cm³/mol. The monoisotopic (exact) mass is 264 g/mol. The highest BCUT2D eigenvalue weighted by molar-refractivity contribution is 6.33. The SMILES string of the molecule is Cn1nccc1CNC(=O)c1cccc(Cl)c1N. The normalized spacial score (nSPS) is 10.3. The number of carbonyl (C=O) groups is 1. The maximum atomic E-state index is 11.9. The first kappa shape index (κ1) is 12.4. The lowest BCUT2D eigenvalue weighted by molar-refractivity contribution is 0.0951. The number of nitrogens with one attached hydrogen (secondary N) is 1. The van der Waals surface area contributed by atoms with E-state index in [9.17, 15) is 4.79 Å². The lowest BCUT2D eigenvalue weighted by Crippen LogP contribution is -2.25. The van der Waals surface area contributed by atoms with E-state index in [1.165, 1.54) is 0 Å². The van der Waals surface area contributed by atoms with E-state index in [1.807, 2.05) is 13.1 Å². The van der Waals surface area contributed by atoms with Gasteiger partial charge in [-0.3, -0.25) is 9.48 Å². The Hall–Kier alpha value is -2.01. The van der Waals surface area contributed by atoms with Crippen LogP contribution < -0.4 is 11.1 Å². The molecule has 2 aromatic rings. The summed E-state index contributed by atoms with van der Waals surface area (Å²) in [5.41, 5.74) is 7.33. The molecule has 0 unspecified atom stereocenters. The summed E-state index contributed by atoms with van der Waals surface area (Å²) in [6, 6.07) is 6.81. The van der Waals surface area contributed by atoms with E-state index >= 15 is 0 Å². The number of rotatable bonds is 3. The number of para-hydroxylation sites is 1. The average molecular weight is 265 g/mol. The fourth-order valence-electron chi connectivity index (χ4n) is 1.58. The first-order valence-electron chi connectivity index (χ1n) is 5.38. The topological polar surface area (TPSA) is 72.9 Å². The van der Waals surface area contributed by atoms with Crippen LogP contribution in [0.3, 0.4) is 0 Å². The fraction of sp³-hybridized carbons (Fsp3) is 0.167. The van der Waals surface area contributed by atoms with Crippen LogP contribution in [0.1, 0.15) is 16.1 Å². The van der Waals surface area contributed by atoms with Gasteiger partial charge in [0.15, 0.2) is 0 Å². The van der Waals surface area contributed by atoms with Crippen LogP contribution in [0.15, 0.2) is 30.5 Å². The molecule has 0 radical (unpaired) electrons. The van der Waals surface area contributed by atoms with Crippen molar-refractivity contribution in [3.05, 3.63) is 46.7 Å². The molecule has 1 amide bonds. The molecule has 94 valence electrons. The van der Waals surface area contributed by atoms with Gasteiger partial charge in [-0.2, -0.15) is 5.10 Å². The molecule has 0 spiro atoms. The van der Waals surface area contributed by atoms with Crippen LogP contribution in [0.25, 0.3) is 0 Å². The molecule has 5 nitrogen and oxygen atoms in total. The van der Waals surface area contributed by atoms with Gasteiger partial charge < -0.3 is 11.1 Å². The minimum Gasteiger partial charge on any atom is -0.397 e. The van der Waals surface area contributed by atoms with Gasteiger partial charge in [-0.15, -0.1) is 0 Å². The third-order valence-electron chi connectivity index (χ3n) is 2.65. The van der Waals surface area contributed by atoms with Gasteiger partial charge in [-0.25, -0.2) is 0 Å². The average Bonchev–Trinajstić information content (AvgIpc) is 2.75. The van der Waals surface area contributed by atoms with Crippen LogP contribution in [0.2, 0.25) is 5.02 Å². The third-order valence-corrected chi connectivity index (χ3v) is 2.98. The number of hydrogen-bond donors (Lipinski definition) is 2. The summed E-state index contributed by atoms with van der Waals surface area (Å²) < 4.78 is 1.70. The Balaban J connectivity index is 2.09. The molecular weight excluding hydrogens is 252 g/mol. The molecule has 18 heavy (non-hydrogen) atoms. The number of amides is 1. The highest BCUT2D eigenvalue weighted by atomic mass is 35.5. The van der Waals surface area contributed by atoms with Crippen LogP contribution in [-0.4, -0.2) is 15.7 Å². The molecule has 0 bridgehead atoms. The number of aryl methyl sites for hydroxylation is 1. The first-order valence-corrected chi connectivity index (χ1v) is 5.76. The second-order valence-corrected chi connectivity index (χ2v) is 4.24. The van der Waals surface area contributed by atoms with Crippen molar-refractivity contribution in [2.24, 2.45) is 7.05 Å². The summed E-state index contributed by atoms with van der Waals surface area (Å²) in [6.45, 7) is 0.390. The van der Waals surface area contributed by atoms with Crippen LogP contribution in [0, 0.1) is 0 Å². The zero-order valence-corrected chi connectivity index (χ0v) is 10.6. The fourth-order valence-corrected chi connectivity index (χ4v) is 1.75. The maximum Gasteiger partial charge on any atom is 0.253 e. The molecule has 1 aromatic heterocycles. The number of carbonyl (C=O) groups excluding carboxylic acids is 1. The smallest absolute Gasteiger partial charge is 0.253 e. The minimum absolute atomic E-state index is 0.254.